The Kier molecular flexibility index (Phi) is 2.50. The molecule has 2 nitrogen and oxygen atoms in total. The highest BCUT2D eigenvalue weighted by molar-refractivity contribution is 5.44. The monoisotopic (exact) mass is 176 g/mol. The molecule has 0 aliphatic carbocycles. The zero-order chi connectivity index (χ0) is 9.10. The number of rotatable bonds is 2. The Labute approximate surface area is 79.4 Å². The van der Waals surface area contributed by atoms with Crippen LogP contribution >= 0.6 is 0 Å². The van der Waals surface area contributed by atoms with Crippen molar-refractivity contribution < 1.29 is 0 Å². The minimum Gasteiger partial charge on any atom is -0.388 e. The zero-order valence-corrected chi connectivity index (χ0v) is 8.01. The van der Waals surface area contributed by atoms with Gasteiger partial charge in [-0.1, -0.05) is 12.1 Å². The first kappa shape index (κ1) is 8.57. The predicted molar refractivity (Wildman–Crippen MR) is 56.0 cm³/mol. The van der Waals surface area contributed by atoms with Crippen LogP contribution in [-0.2, 0) is 0 Å². The Morgan fingerprint density at radius 2 is 2.08 bits per heavy atom. The molecule has 0 amide bonds. The molecule has 1 aromatic carbocycles. The zero-order valence-electron chi connectivity index (χ0n) is 8.01. The van der Waals surface area contributed by atoms with Gasteiger partial charge in [0.05, 0.1) is 0 Å². The van der Waals surface area contributed by atoms with Crippen LogP contribution in [0.5, 0.6) is 0 Å². The number of benzene rings is 1. The van der Waals surface area contributed by atoms with Crippen molar-refractivity contribution in [3.8, 4) is 0 Å². The number of anilines is 1. The van der Waals surface area contributed by atoms with Gasteiger partial charge >= 0.3 is 0 Å². The first-order valence-corrected chi connectivity index (χ1v) is 4.91. The van der Waals surface area contributed by atoms with Crippen molar-refractivity contribution in [3.05, 3.63) is 29.8 Å². The van der Waals surface area contributed by atoms with Crippen LogP contribution in [0.4, 0.5) is 5.69 Å². The summed E-state index contributed by atoms with van der Waals surface area (Å²) in [6, 6.07) is 9.26. The molecule has 1 heterocycles. The van der Waals surface area contributed by atoms with E-state index in [0.29, 0.717) is 6.04 Å². The van der Waals surface area contributed by atoms with Crippen LogP contribution in [0.2, 0.25) is 0 Å². The molecule has 1 aliphatic heterocycles. The lowest BCUT2D eigenvalue weighted by atomic mass is 10.1. The lowest BCUT2D eigenvalue weighted by Crippen LogP contribution is -2.12. The van der Waals surface area contributed by atoms with Crippen molar-refractivity contribution in [3.63, 3.8) is 0 Å². The Hall–Kier alpha value is -1.02. The Balaban J connectivity index is 2.12. The molecule has 1 atom stereocenters. The number of nitrogens with one attached hydrogen (secondary N) is 2. The summed E-state index contributed by atoms with van der Waals surface area (Å²) in [5.41, 5.74) is 2.60. The molecule has 0 radical (unpaired) electrons. The van der Waals surface area contributed by atoms with Gasteiger partial charge in [0.25, 0.3) is 0 Å². The lowest BCUT2D eigenvalue weighted by molar-refractivity contribution is 0.648. The van der Waals surface area contributed by atoms with Gasteiger partial charge in [-0.05, 0) is 37.1 Å². The van der Waals surface area contributed by atoms with Crippen LogP contribution in [0.15, 0.2) is 24.3 Å². The molecule has 13 heavy (non-hydrogen) atoms. The topological polar surface area (TPSA) is 24.1 Å². The van der Waals surface area contributed by atoms with E-state index in [4.69, 9.17) is 0 Å². The summed E-state index contributed by atoms with van der Waals surface area (Å²) in [5, 5.41) is 6.61. The number of hydrogen-bond acceptors (Lipinski definition) is 2. The molecule has 1 fully saturated rings. The van der Waals surface area contributed by atoms with Gasteiger partial charge in [-0.2, -0.15) is 0 Å². The van der Waals surface area contributed by atoms with Crippen molar-refractivity contribution in [1.29, 1.82) is 0 Å². The van der Waals surface area contributed by atoms with Crippen molar-refractivity contribution >= 4 is 5.69 Å². The number of hydrogen-bond donors (Lipinski definition) is 2. The second-order valence-electron chi connectivity index (χ2n) is 3.52. The molecule has 1 saturated heterocycles. The molecule has 0 saturated carbocycles. The molecule has 2 N–H and O–H groups in total. The average Bonchev–Trinajstić information content (AvgIpc) is 2.71. The summed E-state index contributed by atoms with van der Waals surface area (Å²) < 4.78 is 0. The molecule has 2 rings (SSSR count). The third-order valence-corrected chi connectivity index (χ3v) is 2.66. The van der Waals surface area contributed by atoms with Crippen molar-refractivity contribution in [2.75, 3.05) is 18.9 Å². The first-order valence-electron chi connectivity index (χ1n) is 4.91. The molecule has 0 spiro atoms. The van der Waals surface area contributed by atoms with Gasteiger partial charge in [-0.15, -0.1) is 0 Å². The van der Waals surface area contributed by atoms with Crippen LogP contribution in [-0.4, -0.2) is 13.6 Å². The summed E-state index contributed by atoms with van der Waals surface area (Å²) in [4.78, 5) is 0. The van der Waals surface area contributed by atoms with E-state index in [1.807, 2.05) is 7.05 Å². The van der Waals surface area contributed by atoms with Gasteiger partial charge in [0.2, 0.25) is 0 Å². The fourth-order valence-electron chi connectivity index (χ4n) is 1.85. The maximum absolute atomic E-state index is 3.49. The van der Waals surface area contributed by atoms with Gasteiger partial charge < -0.3 is 10.6 Å². The predicted octanol–water partition coefficient (Wildman–Crippen LogP) is 2.15. The fraction of sp³-hybridized carbons (Fsp3) is 0.455. The van der Waals surface area contributed by atoms with Gasteiger partial charge in [-0.25, -0.2) is 0 Å². The van der Waals surface area contributed by atoms with E-state index in [0.717, 1.165) is 0 Å². The third-order valence-electron chi connectivity index (χ3n) is 2.66. The van der Waals surface area contributed by atoms with E-state index in [-0.39, 0.29) is 0 Å². The molecule has 0 bridgehead atoms. The highest BCUT2D eigenvalue weighted by Crippen LogP contribution is 2.23. The summed E-state index contributed by atoms with van der Waals surface area (Å²) >= 11 is 0. The molecular formula is C11H16N2. The third kappa shape index (κ3) is 1.83. The standard InChI is InChI=1S/C11H16N2/c1-12-10-6-4-9(5-7-10)11-3-2-8-13-11/h4-7,11-13H,2-3,8H2,1H3/t11-/m1/s1. The van der Waals surface area contributed by atoms with E-state index in [1.54, 1.807) is 0 Å². The molecule has 1 aromatic rings. The summed E-state index contributed by atoms with van der Waals surface area (Å²) in [6.45, 7) is 1.17. The quantitative estimate of drug-likeness (QED) is 0.721. The van der Waals surface area contributed by atoms with E-state index in [9.17, 15) is 0 Å². The first-order chi connectivity index (χ1) is 6.40. The minimum absolute atomic E-state index is 0.589. The fourth-order valence-corrected chi connectivity index (χ4v) is 1.85. The lowest BCUT2D eigenvalue weighted by Gasteiger charge is -2.10. The highest BCUT2D eigenvalue weighted by Gasteiger charge is 2.15. The highest BCUT2D eigenvalue weighted by atomic mass is 14.9. The largest absolute Gasteiger partial charge is 0.388 e. The average molecular weight is 176 g/mol. The van der Waals surface area contributed by atoms with Gasteiger partial charge in [-0.3, -0.25) is 0 Å². The Bertz CT molecular complexity index is 260. The maximum Gasteiger partial charge on any atom is 0.0337 e. The van der Waals surface area contributed by atoms with Gasteiger partial charge in [0.15, 0.2) is 0 Å². The Morgan fingerprint density at radius 1 is 1.31 bits per heavy atom. The smallest absolute Gasteiger partial charge is 0.0337 e. The molecule has 1 aliphatic rings. The molecular weight excluding hydrogens is 160 g/mol. The van der Waals surface area contributed by atoms with E-state index in [2.05, 4.69) is 34.9 Å². The molecule has 2 heteroatoms. The van der Waals surface area contributed by atoms with E-state index in [1.165, 1.54) is 30.6 Å². The van der Waals surface area contributed by atoms with Crippen LogP contribution in [0.3, 0.4) is 0 Å². The second kappa shape index (κ2) is 3.79. The molecule has 0 aromatic heterocycles. The van der Waals surface area contributed by atoms with Crippen molar-refractivity contribution in [2.24, 2.45) is 0 Å². The summed E-state index contributed by atoms with van der Waals surface area (Å²) in [6.07, 6.45) is 2.58. The summed E-state index contributed by atoms with van der Waals surface area (Å²) in [7, 11) is 1.95. The molecule has 0 unspecified atom stereocenters. The van der Waals surface area contributed by atoms with Gasteiger partial charge in [0.1, 0.15) is 0 Å². The normalized spacial score (nSPS) is 21.8. The molecule has 70 valence electrons. The van der Waals surface area contributed by atoms with Crippen LogP contribution in [0, 0.1) is 0 Å². The van der Waals surface area contributed by atoms with Crippen LogP contribution in [0.1, 0.15) is 24.4 Å². The SMILES string of the molecule is CNc1ccc([C@H]2CCCN2)cc1. The second-order valence-corrected chi connectivity index (χ2v) is 3.52. The van der Waals surface area contributed by atoms with Crippen molar-refractivity contribution in [2.45, 2.75) is 18.9 Å². The van der Waals surface area contributed by atoms with Crippen LogP contribution in [0.25, 0.3) is 0 Å². The minimum atomic E-state index is 0.589. The Morgan fingerprint density at radius 3 is 2.62 bits per heavy atom. The van der Waals surface area contributed by atoms with Crippen molar-refractivity contribution in [1.82, 2.24) is 5.32 Å². The summed E-state index contributed by atoms with van der Waals surface area (Å²) in [5.74, 6) is 0. The van der Waals surface area contributed by atoms with E-state index >= 15 is 0 Å². The maximum atomic E-state index is 3.49. The van der Waals surface area contributed by atoms with E-state index < -0.39 is 0 Å². The van der Waals surface area contributed by atoms with Crippen LogP contribution < -0.4 is 10.6 Å². The van der Waals surface area contributed by atoms with Gasteiger partial charge in [0, 0.05) is 18.8 Å².